The number of Topliss-reactive ketones (excluding diaryl/α,β-unsaturated/α-hetero) is 1. The van der Waals surface area contributed by atoms with Crippen molar-refractivity contribution in [2.75, 3.05) is 24.5 Å². The minimum absolute atomic E-state index is 0.0109. The molecular weight excluding hydrogens is 348 g/mol. The quantitative estimate of drug-likeness (QED) is 0.697. The molecule has 1 saturated heterocycles. The lowest BCUT2D eigenvalue weighted by Gasteiger charge is -2.18. The summed E-state index contributed by atoms with van der Waals surface area (Å²) in [6.45, 7) is 8.12. The molecule has 1 aliphatic heterocycles. The highest BCUT2D eigenvalue weighted by molar-refractivity contribution is 7.17. The summed E-state index contributed by atoms with van der Waals surface area (Å²) in [7, 11) is 0. The monoisotopic (exact) mass is 372 g/mol. The second-order valence-corrected chi connectivity index (χ2v) is 7.94. The largest absolute Gasteiger partial charge is 0.326 e. The molecule has 26 heavy (non-hydrogen) atoms. The molecule has 0 N–H and O–H groups in total. The average molecular weight is 372 g/mol. The Kier molecular flexibility index (Phi) is 5.66. The summed E-state index contributed by atoms with van der Waals surface area (Å²) in [6, 6.07) is 3.83. The predicted molar refractivity (Wildman–Crippen MR) is 103 cm³/mol. The fourth-order valence-corrected chi connectivity index (χ4v) is 4.10. The summed E-state index contributed by atoms with van der Waals surface area (Å²) in [6.07, 6.45) is 4.58. The van der Waals surface area contributed by atoms with Crippen molar-refractivity contribution < 1.29 is 9.59 Å². The number of pyridine rings is 1. The molecule has 3 rings (SSSR count). The van der Waals surface area contributed by atoms with Crippen LogP contribution in [0.15, 0.2) is 24.5 Å². The molecule has 0 aromatic carbocycles. The first-order valence-electron chi connectivity index (χ1n) is 8.91. The van der Waals surface area contributed by atoms with Gasteiger partial charge in [0.2, 0.25) is 0 Å². The van der Waals surface area contributed by atoms with Crippen LogP contribution in [0.3, 0.4) is 0 Å². The van der Waals surface area contributed by atoms with E-state index in [4.69, 9.17) is 0 Å². The van der Waals surface area contributed by atoms with Crippen LogP contribution in [0.1, 0.15) is 41.2 Å². The molecule has 3 heterocycles. The maximum atomic E-state index is 12.6. The van der Waals surface area contributed by atoms with Gasteiger partial charge in [-0.1, -0.05) is 25.2 Å². The van der Waals surface area contributed by atoms with Gasteiger partial charge in [-0.05, 0) is 37.0 Å². The van der Waals surface area contributed by atoms with Crippen molar-refractivity contribution in [3.8, 4) is 0 Å². The number of nitrogens with zero attached hydrogens (tertiary/aromatic N) is 4. The number of aryl methyl sites for hydroxylation is 2. The Bertz CT molecular complexity index is 788. The number of urea groups is 1. The lowest BCUT2D eigenvalue weighted by atomic mass is 10.1. The van der Waals surface area contributed by atoms with Crippen molar-refractivity contribution in [1.82, 2.24) is 14.9 Å². The van der Waals surface area contributed by atoms with Gasteiger partial charge in [0.15, 0.2) is 10.9 Å². The van der Waals surface area contributed by atoms with E-state index in [0.29, 0.717) is 47.6 Å². The average Bonchev–Trinajstić information content (AvgIpc) is 3.16. The van der Waals surface area contributed by atoms with E-state index in [1.54, 1.807) is 17.3 Å². The van der Waals surface area contributed by atoms with Crippen molar-refractivity contribution in [1.29, 1.82) is 0 Å². The minimum atomic E-state index is -0.0109. The molecule has 0 radical (unpaired) electrons. The Morgan fingerprint density at radius 3 is 2.69 bits per heavy atom. The van der Waals surface area contributed by atoms with Gasteiger partial charge in [-0.15, -0.1) is 0 Å². The Hall–Kier alpha value is -2.28. The van der Waals surface area contributed by atoms with Crippen LogP contribution >= 0.6 is 11.3 Å². The topological polar surface area (TPSA) is 66.4 Å². The zero-order valence-corrected chi connectivity index (χ0v) is 16.3. The van der Waals surface area contributed by atoms with E-state index in [1.807, 2.05) is 24.0 Å². The van der Waals surface area contributed by atoms with Crippen LogP contribution in [0.25, 0.3) is 0 Å². The number of anilines is 1. The molecule has 1 fully saturated rings. The summed E-state index contributed by atoms with van der Waals surface area (Å²) in [4.78, 5) is 37.9. The number of rotatable bonds is 7. The Labute approximate surface area is 157 Å². The first-order valence-corrected chi connectivity index (χ1v) is 9.73. The van der Waals surface area contributed by atoms with E-state index in [2.05, 4.69) is 23.8 Å². The number of hydrogen-bond donors (Lipinski definition) is 0. The van der Waals surface area contributed by atoms with Gasteiger partial charge >= 0.3 is 6.03 Å². The summed E-state index contributed by atoms with van der Waals surface area (Å²) in [5, 5.41) is 0.631. The molecule has 0 aliphatic carbocycles. The fraction of sp³-hybridized carbons (Fsp3) is 0.474. The van der Waals surface area contributed by atoms with Gasteiger partial charge in [-0.25, -0.2) is 9.78 Å². The molecular formula is C19H24N4O2S. The number of hydrogen-bond acceptors (Lipinski definition) is 5. The maximum Gasteiger partial charge on any atom is 0.326 e. The third-order valence-electron chi connectivity index (χ3n) is 4.34. The lowest BCUT2D eigenvalue weighted by molar-refractivity contribution is 0.0986. The zero-order chi connectivity index (χ0) is 18.7. The van der Waals surface area contributed by atoms with Crippen LogP contribution in [-0.2, 0) is 6.42 Å². The molecule has 7 heteroatoms. The van der Waals surface area contributed by atoms with E-state index in [9.17, 15) is 9.59 Å². The first kappa shape index (κ1) is 18.5. The van der Waals surface area contributed by atoms with E-state index in [1.165, 1.54) is 11.3 Å². The van der Waals surface area contributed by atoms with Crippen molar-refractivity contribution >= 4 is 28.3 Å². The lowest BCUT2D eigenvalue weighted by Crippen LogP contribution is -2.34. The van der Waals surface area contributed by atoms with Gasteiger partial charge in [0.25, 0.3) is 0 Å². The van der Waals surface area contributed by atoms with Gasteiger partial charge in [0.05, 0.1) is 10.6 Å². The molecule has 2 amide bonds. The number of ketones is 1. The van der Waals surface area contributed by atoms with Crippen LogP contribution in [0.4, 0.5) is 9.93 Å². The van der Waals surface area contributed by atoms with Crippen molar-refractivity contribution in [2.45, 2.75) is 33.6 Å². The van der Waals surface area contributed by atoms with E-state index < -0.39 is 0 Å². The minimum Gasteiger partial charge on any atom is -0.322 e. The third-order valence-corrected chi connectivity index (χ3v) is 5.56. The number of aromatic nitrogens is 2. The van der Waals surface area contributed by atoms with Gasteiger partial charge in [0.1, 0.15) is 0 Å². The van der Waals surface area contributed by atoms with Crippen LogP contribution in [0, 0.1) is 12.8 Å². The SMILES string of the molecule is Cc1nc(N2CCN(CC(C)C)C2=O)sc1C(=O)CCc1ccncc1. The van der Waals surface area contributed by atoms with Crippen LogP contribution < -0.4 is 4.90 Å². The van der Waals surface area contributed by atoms with E-state index >= 15 is 0 Å². The first-order chi connectivity index (χ1) is 12.5. The highest BCUT2D eigenvalue weighted by Gasteiger charge is 2.32. The Balaban J connectivity index is 1.67. The van der Waals surface area contributed by atoms with Crippen LogP contribution in [-0.4, -0.2) is 46.3 Å². The predicted octanol–water partition coefficient (Wildman–Crippen LogP) is 3.56. The summed E-state index contributed by atoms with van der Waals surface area (Å²) in [5.41, 5.74) is 1.80. The summed E-state index contributed by atoms with van der Waals surface area (Å²) in [5.74, 6) is 0.510. The number of thiazole rings is 1. The summed E-state index contributed by atoms with van der Waals surface area (Å²) < 4.78 is 0. The standard InChI is InChI=1S/C19H24N4O2S/c1-13(2)12-22-10-11-23(19(22)25)18-21-14(3)17(26-18)16(24)5-4-15-6-8-20-9-7-15/h6-9,13H,4-5,10-12H2,1-3H3. The van der Waals surface area contributed by atoms with Gasteiger partial charge < -0.3 is 4.90 Å². The van der Waals surface area contributed by atoms with Crippen molar-refractivity contribution in [2.24, 2.45) is 5.92 Å². The number of carbonyl (C=O) groups excluding carboxylic acids is 2. The Morgan fingerprint density at radius 2 is 2.00 bits per heavy atom. The highest BCUT2D eigenvalue weighted by atomic mass is 32.1. The second-order valence-electron chi connectivity index (χ2n) is 6.96. The molecule has 0 saturated carbocycles. The highest BCUT2D eigenvalue weighted by Crippen LogP contribution is 2.30. The zero-order valence-electron chi connectivity index (χ0n) is 15.4. The van der Waals surface area contributed by atoms with Gasteiger partial charge in [-0.3, -0.25) is 14.7 Å². The molecule has 138 valence electrons. The van der Waals surface area contributed by atoms with Crippen molar-refractivity contribution in [3.63, 3.8) is 0 Å². The molecule has 1 aliphatic rings. The van der Waals surface area contributed by atoms with E-state index in [-0.39, 0.29) is 11.8 Å². The van der Waals surface area contributed by atoms with E-state index in [0.717, 1.165) is 12.1 Å². The molecule has 0 spiro atoms. The van der Waals surface area contributed by atoms with Crippen LogP contribution in [0.2, 0.25) is 0 Å². The summed E-state index contributed by atoms with van der Waals surface area (Å²) >= 11 is 1.33. The van der Waals surface area contributed by atoms with Crippen LogP contribution in [0.5, 0.6) is 0 Å². The molecule has 6 nitrogen and oxygen atoms in total. The Morgan fingerprint density at radius 1 is 1.27 bits per heavy atom. The fourth-order valence-electron chi connectivity index (χ4n) is 3.05. The third kappa shape index (κ3) is 4.09. The molecule has 0 unspecified atom stereocenters. The smallest absolute Gasteiger partial charge is 0.322 e. The molecule has 0 bridgehead atoms. The maximum absolute atomic E-state index is 12.6. The van der Waals surface area contributed by atoms with Gasteiger partial charge in [-0.2, -0.15) is 0 Å². The number of amides is 2. The van der Waals surface area contributed by atoms with Crippen molar-refractivity contribution in [3.05, 3.63) is 40.7 Å². The number of carbonyl (C=O) groups is 2. The molecule has 2 aromatic rings. The molecule has 0 atom stereocenters. The second kappa shape index (κ2) is 7.95. The molecule has 2 aromatic heterocycles. The normalized spacial score (nSPS) is 14.5. The van der Waals surface area contributed by atoms with Gasteiger partial charge in [0, 0.05) is 38.4 Å².